The molecule has 0 bridgehead atoms. The van der Waals surface area contributed by atoms with E-state index in [9.17, 15) is 4.79 Å². The van der Waals surface area contributed by atoms with Crippen LogP contribution < -0.4 is 9.47 Å². The first kappa shape index (κ1) is 14.5. The molecule has 3 heterocycles. The number of benzene rings is 1. The Morgan fingerprint density at radius 3 is 2.75 bits per heavy atom. The third-order valence-electron chi connectivity index (χ3n) is 3.92. The van der Waals surface area contributed by atoms with Crippen molar-refractivity contribution >= 4 is 17.0 Å². The van der Waals surface area contributed by atoms with Gasteiger partial charge in [0, 0.05) is 19.7 Å². The molecular formula is C17H15N3O4. The third-order valence-corrected chi connectivity index (χ3v) is 3.92. The number of hydrogen-bond acceptors (Lipinski definition) is 6. The summed E-state index contributed by atoms with van der Waals surface area (Å²) in [6, 6.07) is 7.29. The molecule has 1 aromatic carbocycles. The van der Waals surface area contributed by atoms with Gasteiger partial charge in [-0.1, -0.05) is 5.16 Å². The molecule has 122 valence electrons. The SMILES string of the molecule is Cc1noc2nc(-c3ccc4c(c3)OCO4)cc(C(=O)N(C)C)c12. The summed E-state index contributed by atoms with van der Waals surface area (Å²) in [4.78, 5) is 18.6. The molecule has 0 fully saturated rings. The number of amides is 1. The topological polar surface area (TPSA) is 77.7 Å². The largest absolute Gasteiger partial charge is 0.454 e. The number of pyridine rings is 1. The Bertz CT molecular complexity index is 962. The number of aryl methyl sites for hydroxylation is 1. The molecule has 0 saturated carbocycles. The van der Waals surface area contributed by atoms with Gasteiger partial charge < -0.3 is 18.9 Å². The monoisotopic (exact) mass is 325 g/mol. The van der Waals surface area contributed by atoms with Gasteiger partial charge in [-0.25, -0.2) is 4.98 Å². The first-order chi connectivity index (χ1) is 11.5. The molecule has 2 aromatic heterocycles. The van der Waals surface area contributed by atoms with Crippen molar-refractivity contribution in [2.24, 2.45) is 0 Å². The Labute approximate surface area is 137 Å². The third kappa shape index (κ3) is 2.17. The minimum atomic E-state index is -0.129. The average molecular weight is 325 g/mol. The second kappa shape index (κ2) is 5.23. The normalized spacial score (nSPS) is 12.6. The fraction of sp³-hybridized carbons (Fsp3) is 0.235. The highest BCUT2D eigenvalue weighted by atomic mass is 16.7. The standard InChI is InChI=1S/C17H15N3O4/c1-9-15-11(17(21)20(2)3)7-12(18-16(15)24-19-9)10-4-5-13-14(6-10)23-8-22-13/h4-7H,8H2,1-3H3. The molecule has 7 nitrogen and oxygen atoms in total. The molecule has 1 aliphatic rings. The lowest BCUT2D eigenvalue weighted by atomic mass is 10.0. The van der Waals surface area contributed by atoms with Gasteiger partial charge in [0.05, 0.1) is 22.3 Å². The van der Waals surface area contributed by atoms with E-state index in [1.54, 1.807) is 27.1 Å². The maximum Gasteiger partial charge on any atom is 0.259 e. The maximum absolute atomic E-state index is 12.6. The smallest absolute Gasteiger partial charge is 0.259 e. The molecule has 24 heavy (non-hydrogen) atoms. The summed E-state index contributed by atoms with van der Waals surface area (Å²) in [5.74, 6) is 1.22. The molecule has 0 radical (unpaired) electrons. The number of ether oxygens (including phenoxy) is 2. The zero-order valence-electron chi connectivity index (χ0n) is 13.5. The molecule has 7 heteroatoms. The van der Waals surface area contributed by atoms with Gasteiger partial charge in [0.1, 0.15) is 0 Å². The average Bonchev–Trinajstić information content (AvgIpc) is 3.19. The van der Waals surface area contributed by atoms with Crippen LogP contribution in [-0.4, -0.2) is 41.8 Å². The van der Waals surface area contributed by atoms with E-state index in [4.69, 9.17) is 14.0 Å². The number of fused-ring (bicyclic) bond motifs is 2. The Balaban J connectivity index is 1.92. The van der Waals surface area contributed by atoms with Gasteiger partial charge in [-0.15, -0.1) is 0 Å². The van der Waals surface area contributed by atoms with E-state index in [-0.39, 0.29) is 12.7 Å². The minimum absolute atomic E-state index is 0.129. The first-order valence-corrected chi connectivity index (χ1v) is 7.43. The van der Waals surface area contributed by atoms with Crippen molar-refractivity contribution in [1.82, 2.24) is 15.0 Å². The Hall–Kier alpha value is -3.09. The van der Waals surface area contributed by atoms with Crippen LogP contribution >= 0.6 is 0 Å². The van der Waals surface area contributed by atoms with E-state index in [1.165, 1.54) is 4.90 Å². The Morgan fingerprint density at radius 2 is 1.96 bits per heavy atom. The highest BCUT2D eigenvalue weighted by Gasteiger charge is 2.21. The second-order valence-corrected chi connectivity index (χ2v) is 5.77. The van der Waals surface area contributed by atoms with Crippen LogP contribution in [0.3, 0.4) is 0 Å². The highest BCUT2D eigenvalue weighted by Crippen LogP contribution is 2.36. The number of nitrogens with zero attached hydrogens (tertiary/aromatic N) is 3. The zero-order valence-corrected chi connectivity index (χ0v) is 13.5. The molecule has 0 N–H and O–H groups in total. The zero-order chi connectivity index (χ0) is 16.8. The van der Waals surface area contributed by atoms with Gasteiger partial charge in [-0.3, -0.25) is 4.79 Å². The van der Waals surface area contributed by atoms with E-state index >= 15 is 0 Å². The van der Waals surface area contributed by atoms with E-state index < -0.39 is 0 Å². The van der Waals surface area contributed by atoms with Crippen LogP contribution in [0.5, 0.6) is 11.5 Å². The molecular weight excluding hydrogens is 310 g/mol. The van der Waals surface area contributed by atoms with Gasteiger partial charge in [-0.2, -0.15) is 0 Å². The van der Waals surface area contributed by atoms with Gasteiger partial charge in [0.2, 0.25) is 6.79 Å². The summed E-state index contributed by atoms with van der Waals surface area (Å²) >= 11 is 0. The van der Waals surface area contributed by atoms with Crippen molar-refractivity contribution < 1.29 is 18.8 Å². The van der Waals surface area contributed by atoms with Crippen molar-refractivity contribution in [3.8, 4) is 22.8 Å². The fourth-order valence-corrected chi connectivity index (χ4v) is 2.71. The van der Waals surface area contributed by atoms with Crippen molar-refractivity contribution in [2.45, 2.75) is 6.92 Å². The summed E-state index contributed by atoms with van der Waals surface area (Å²) < 4.78 is 16.0. The van der Waals surface area contributed by atoms with Crippen LogP contribution in [0.1, 0.15) is 16.1 Å². The molecule has 0 unspecified atom stereocenters. The number of rotatable bonds is 2. The van der Waals surface area contributed by atoms with E-state index in [0.717, 1.165) is 5.56 Å². The summed E-state index contributed by atoms with van der Waals surface area (Å²) in [5.41, 5.74) is 2.91. The van der Waals surface area contributed by atoms with Gasteiger partial charge in [0.25, 0.3) is 11.6 Å². The molecule has 1 amide bonds. The van der Waals surface area contributed by atoms with Crippen LogP contribution in [0, 0.1) is 6.92 Å². The fourth-order valence-electron chi connectivity index (χ4n) is 2.71. The minimum Gasteiger partial charge on any atom is -0.454 e. The predicted octanol–water partition coefficient (Wildman–Crippen LogP) is 2.63. The summed E-state index contributed by atoms with van der Waals surface area (Å²) in [7, 11) is 3.41. The molecule has 0 saturated heterocycles. The quantitative estimate of drug-likeness (QED) is 0.721. The summed E-state index contributed by atoms with van der Waals surface area (Å²) in [5, 5.41) is 4.58. The first-order valence-electron chi connectivity index (χ1n) is 7.43. The summed E-state index contributed by atoms with van der Waals surface area (Å²) in [6.07, 6.45) is 0. The van der Waals surface area contributed by atoms with Crippen molar-refractivity contribution in [3.05, 3.63) is 35.5 Å². The van der Waals surface area contributed by atoms with Crippen molar-refractivity contribution in [2.75, 3.05) is 20.9 Å². The van der Waals surface area contributed by atoms with Crippen LogP contribution in [0.15, 0.2) is 28.8 Å². The number of aromatic nitrogens is 2. The second-order valence-electron chi connectivity index (χ2n) is 5.77. The maximum atomic E-state index is 12.6. The number of carbonyl (C=O) groups excluding carboxylic acids is 1. The van der Waals surface area contributed by atoms with Crippen LogP contribution in [-0.2, 0) is 0 Å². The van der Waals surface area contributed by atoms with Crippen LogP contribution in [0.4, 0.5) is 0 Å². The van der Waals surface area contributed by atoms with E-state index in [1.807, 2.05) is 18.2 Å². The predicted molar refractivity (Wildman–Crippen MR) is 86.1 cm³/mol. The number of hydrogen-bond donors (Lipinski definition) is 0. The molecule has 0 atom stereocenters. The van der Waals surface area contributed by atoms with Crippen molar-refractivity contribution in [3.63, 3.8) is 0 Å². The lowest BCUT2D eigenvalue weighted by Gasteiger charge is -2.12. The molecule has 1 aliphatic heterocycles. The van der Waals surface area contributed by atoms with Crippen molar-refractivity contribution in [1.29, 1.82) is 0 Å². The molecule has 0 spiro atoms. The van der Waals surface area contributed by atoms with Crippen LogP contribution in [0.25, 0.3) is 22.4 Å². The van der Waals surface area contributed by atoms with Gasteiger partial charge >= 0.3 is 0 Å². The van der Waals surface area contributed by atoms with Crippen LogP contribution in [0.2, 0.25) is 0 Å². The van der Waals surface area contributed by atoms with E-state index in [2.05, 4.69) is 10.1 Å². The summed E-state index contributed by atoms with van der Waals surface area (Å²) in [6.45, 7) is 2.00. The Kier molecular flexibility index (Phi) is 3.16. The highest BCUT2D eigenvalue weighted by molar-refractivity contribution is 6.06. The number of carbonyl (C=O) groups is 1. The van der Waals surface area contributed by atoms with Gasteiger partial charge in [-0.05, 0) is 31.2 Å². The molecule has 3 aromatic rings. The molecule has 4 rings (SSSR count). The van der Waals surface area contributed by atoms with Gasteiger partial charge in [0.15, 0.2) is 11.5 Å². The van der Waals surface area contributed by atoms with E-state index in [0.29, 0.717) is 39.6 Å². The molecule has 0 aliphatic carbocycles. The Morgan fingerprint density at radius 1 is 1.17 bits per heavy atom. The lowest BCUT2D eigenvalue weighted by molar-refractivity contribution is 0.0829. The lowest BCUT2D eigenvalue weighted by Crippen LogP contribution is -2.22.